The Morgan fingerprint density at radius 3 is 2.29 bits per heavy atom. The van der Waals surface area contributed by atoms with E-state index in [9.17, 15) is 4.79 Å². The van der Waals surface area contributed by atoms with Gasteiger partial charge in [0.25, 0.3) is 0 Å². The van der Waals surface area contributed by atoms with Crippen LogP contribution in [0.2, 0.25) is 0 Å². The fourth-order valence-corrected chi connectivity index (χ4v) is 1.55. The lowest BCUT2D eigenvalue weighted by Crippen LogP contribution is -2.29. The molecule has 0 saturated heterocycles. The maximum Gasteiger partial charge on any atom is 0.160 e. The molecular weight excluding hydrogens is 266 g/mol. The van der Waals surface area contributed by atoms with Gasteiger partial charge in [0.15, 0.2) is 5.78 Å². The number of nitrogens with one attached hydrogen (secondary N) is 1. The fraction of sp³-hybridized carbons (Fsp3) is 0.941. The molecule has 4 nitrogen and oxygen atoms in total. The van der Waals surface area contributed by atoms with Gasteiger partial charge in [0.2, 0.25) is 0 Å². The molecule has 0 aliphatic heterocycles. The zero-order valence-corrected chi connectivity index (χ0v) is 15.0. The first-order chi connectivity index (χ1) is 10.1. The van der Waals surface area contributed by atoms with Gasteiger partial charge in [-0.2, -0.15) is 0 Å². The van der Waals surface area contributed by atoms with E-state index in [2.05, 4.69) is 19.2 Å². The normalized spacial score (nSPS) is 12.0. The van der Waals surface area contributed by atoms with Crippen LogP contribution in [0.5, 0.6) is 0 Å². The van der Waals surface area contributed by atoms with Crippen LogP contribution in [0, 0.1) is 5.92 Å². The summed E-state index contributed by atoms with van der Waals surface area (Å²) in [5.41, 5.74) is 0. The van der Waals surface area contributed by atoms with Gasteiger partial charge >= 0.3 is 0 Å². The molecule has 0 rings (SSSR count). The van der Waals surface area contributed by atoms with E-state index in [1.165, 1.54) is 19.3 Å². The lowest BCUT2D eigenvalue weighted by Gasteiger charge is -2.13. The second-order valence-corrected chi connectivity index (χ2v) is 5.28. The van der Waals surface area contributed by atoms with Gasteiger partial charge in [-0.05, 0) is 13.3 Å². The van der Waals surface area contributed by atoms with E-state index in [4.69, 9.17) is 9.47 Å². The standard InChI is InChI=1S/C15H31NO3.C2H6.H2/c1-5-6-7-14(4)16-8-9-18-10-11-19-12-15(17)13(2)3;1-2;/h13-14,16H,5-12H2,1-4H3;1-2H3;1H. The summed E-state index contributed by atoms with van der Waals surface area (Å²) in [5, 5.41) is 3.42. The van der Waals surface area contributed by atoms with E-state index in [0.717, 1.165) is 6.54 Å². The van der Waals surface area contributed by atoms with Crippen molar-refractivity contribution in [1.82, 2.24) is 5.32 Å². The van der Waals surface area contributed by atoms with Crippen molar-refractivity contribution < 1.29 is 15.7 Å². The molecule has 0 aromatic carbocycles. The summed E-state index contributed by atoms with van der Waals surface area (Å²) in [7, 11) is 0. The number of ketones is 1. The maximum atomic E-state index is 11.3. The highest BCUT2D eigenvalue weighted by atomic mass is 16.5. The first-order valence-corrected chi connectivity index (χ1v) is 8.49. The second kappa shape index (κ2) is 17.6. The summed E-state index contributed by atoms with van der Waals surface area (Å²) in [6, 6.07) is 0.559. The molecular formula is C17H39NO3. The summed E-state index contributed by atoms with van der Waals surface area (Å²) in [6.07, 6.45) is 3.73. The summed E-state index contributed by atoms with van der Waals surface area (Å²) >= 11 is 0. The smallest absolute Gasteiger partial charge is 0.160 e. The van der Waals surface area contributed by atoms with Gasteiger partial charge in [-0.3, -0.25) is 4.79 Å². The predicted molar refractivity (Wildman–Crippen MR) is 91.9 cm³/mol. The van der Waals surface area contributed by atoms with Crippen molar-refractivity contribution in [1.29, 1.82) is 0 Å². The minimum Gasteiger partial charge on any atom is -0.378 e. The van der Waals surface area contributed by atoms with Crippen LogP contribution in [0.3, 0.4) is 0 Å². The molecule has 0 aromatic rings. The first-order valence-electron chi connectivity index (χ1n) is 8.49. The third-order valence-electron chi connectivity index (χ3n) is 2.99. The van der Waals surface area contributed by atoms with Gasteiger partial charge in [-0.1, -0.05) is 47.5 Å². The highest BCUT2D eigenvalue weighted by Crippen LogP contribution is 1.98. The van der Waals surface area contributed by atoms with E-state index in [1.807, 2.05) is 27.7 Å². The van der Waals surface area contributed by atoms with Crippen molar-refractivity contribution in [2.75, 3.05) is 33.0 Å². The minimum atomic E-state index is 0. The number of ether oxygens (including phenoxy) is 2. The topological polar surface area (TPSA) is 47.6 Å². The molecule has 1 atom stereocenters. The van der Waals surface area contributed by atoms with E-state index < -0.39 is 0 Å². The average Bonchev–Trinajstić information content (AvgIpc) is 2.49. The molecule has 0 fully saturated rings. The van der Waals surface area contributed by atoms with Gasteiger partial charge in [-0.15, -0.1) is 0 Å². The quantitative estimate of drug-likeness (QED) is 0.527. The Hall–Kier alpha value is -0.450. The van der Waals surface area contributed by atoms with Crippen molar-refractivity contribution in [2.45, 2.75) is 66.8 Å². The Morgan fingerprint density at radius 2 is 1.71 bits per heavy atom. The third-order valence-corrected chi connectivity index (χ3v) is 2.99. The van der Waals surface area contributed by atoms with Gasteiger partial charge in [0, 0.05) is 19.9 Å². The van der Waals surface area contributed by atoms with Crippen LogP contribution >= 0.6 is 0 Å². The van der Waals surface area contributed by atoms with Crippen LogP contribution in [0.4, 0.5) is 0 Å². The van der Waals surface area contributed by atoms with Gasteiger partial charge in [-0.25, -0.2) is 0 Å². The van der Waals surface area contributed by atoms with Crippen LogP contribution in [0.1, 0.15) is 62.2 Å². The number of carbonyl (C=O) groups is 1. The predicted octanol–water partition coefficient (Wildman–Crippen LogP) is 3.69. The summed E-state index contributed by atoms with van der Waals surface area (Å²) < 4.78 is 10.7. The summed E-state index contributed by atoms with van der Waals surface area (Å²) in [5.74, 6) is 0.196. The number of hydrogen-bond acceptors (Lipinski definition) is 4. The molecule has 0 spiro atoms. The number of rotatable bonds is 13. The lowest BCUT2D eigenvalue weighted by atomic mass is 10.1. The van der Waals surface area contributed by atoms with Crippen LogP contribution in [-0.2, 0) is 14.3 Å². The molecule has 0 radical (unpaired) electrons. The Bertz CT molecular complexity index is 226. The zero-order valence-electron chi connectivity index (χ0n) is 15.0. The number of unbranched alkanes of at least 4 members (excludes halogenated alkanes) is 1. The van der Waals surface area contributed by atoms with Crippen molar-refractivity contribution in [3.63, 3.8) is 0 Å². The highest BCUT2D eigenvalue weighted by molar-refractivity contribution is 5.81. The molecule has 1 unspecified atom stereocenters. The van der Waals surface area contributed by atoms with Crippen LogP contribution in [0.15, 0.2) is 0 Å². The molecule has 0 aliphatic carbocycles. The van der Waals surface area contributed by atoms with Crippen molar-refractivity contribution >= 4 is 5.78 Å². The monoisotopic (exact) mass is 305 g/mol. The van der Waals surface area contributed by atoms with E-state index in [-0.39, 0.29) is 19.7 Å². The number of carbonyl (C=O) groups excluding carboxylic acids is 1. The molecule has 0 amide bonds. The molecule has 0 aliphatic rings. The molecule has 0 bridgehead atoms. The summed E-state index contributed by atoms with van der Waals surface area (Å²) in [6.45, 7) is 15.0. The zero-order chi connectivity index (χ0) is 16.5. The summed E-state index contributed by atoms with van der Waals surface area (Å²) in [4.78, 5) is 11.3. The highest BCUT2D eigenvalue weighted by Gasteiger charge is 2.06. The lowest BCUT2D eigenvalue weighted by molar-refractivity contribution is -0.127. The van der Waals surface area contributed by atoms with Crippen LogP contribution in [-0.4, -0.2) is 44.8 Å². The van der Waals surface area contributed by atoms with Crippen LogP contribution < -0.4 is 5.32 Å². The third kappa shape index (κ3) is 17.5. The molecule has 130 valence electrons. The Kier molecular flexibility index (Phi) is 19.1. The van der Waals surface area contributed by atoms with E-state index in [0.29, 0.717) is 25.9 Å². The van der Waals surface area contributed by atoms with E-state index >= 15 is 0 Å². The largest absolute Gasteiger partial charge is 0.378 e. The van der Waals surface area contributed by atoms with Gasteiger partial charge in [0.05, 0.1) is 19.8 Å². The van der Waals surface area contributed by atoms with Gasteiger partial charge < -0.3 is 14.8 Å². The molecule has 21 heavy (non-hydrogen) atoms. The molecule has 4 heteroatoms. The molecule has 0 heterocycles. The van der Waals surface area contributed by atoms with E-state index in [1.54, 1.807) is 0 Å². The number of hydrogen-bond donors (Lipinski definition) is 1. The Labute approximate surface area is 133 Å². The number of Topliss-reactive ketones (excluding diaryl/α,β-unsaturated/α-hetero) is 1. The molecule has 1 N–H and O–H groups in total. The van der Waals surface area contributed by atoms with Crippen LogP contribution in [0.25, 0.3) is 0 Å². The van der Waals surface area contributed by atoms with Crippen molar-refractivity contribution in [2.24, 2.45) is 5.92 Å². The minimum absolute atomic E-state index is 0. The second-order valence-electron chi connectivity index (χ2n) is 5.28. The molecule has 0 aromatic heterocycles. The average molecular weight is 306 g/mol. The first kappa shape index (κ1) is 22.8. The maximum absolute atomic E-state index is 11.3. The fourth-order valence-electron chi connectivity index (χ4n) is 1.55. The Morgan fingerprint density at radius 1 is 1.10 bits per heavy atom. The van der Waals surface area contributed by atoms with Crippen molar-refractivity contribution in [3.05, 3.63) is 0 Å². The molecule has 0 saturated carbocycles. The van der Waals surface area contributed by atoms with Gasteiger partial charge in [0.1, 0.15) is 6.61 Å². The van der Waals surface area contributed by atoms with Crippen molar-refractivity contribution in [3.8, 4) is 0 Å². The SMILES string of the molecule is CC.CCCCC(C)NCCOCCOCC(=O)C(C)C.[HH]. The Balaban J connectivity index is -0.00000115.